The zero-order valence-corrected chi connectivity index (χ0v) is 21.9. The Bertz CT molecular complexity index is 1200. The summed E-state index contributed by atoms with van der Waals surface area (Å²) in [5.41, 5.74) is 1.37. The lowest BCUT2D eigenvalue weighted by molar-refractivity contribution is -0.128. The Balaban J connectivity index is 1.71. The molecule has 0 saturated carbocycles. The van der Waals surface area contributed by atoms with Crippen molar-refractivity contribution in [3.8, 4) is 5.88 Å². The van der Waals surface area contributed by atoms with Gasteiger partial charge in [0.2, 0.25) is 17.7 Å². The molecule has 2 N–H and O–H groups in total. The van der Waals surface area contributed by atoms with Crippen LogP contribution in [0.1, 0.15) is 52.6 Å². The maximum absolute atomic E-state index is 11.9. The predicted octanol–water partition coefficient (Wildman–Crippen LogP) is 4.86. The molecule has 1 aromatic carbocycles. The summed E-state index contributed by atoms with van der Waals surface area (Å²) in [6.07, 6.45) is 3.52. The molecule has 0 unspecified atom stereocenters. The second-order valence-corrected chi connectivity index (χ2v) is 10.7. The van der Waals surface area contributed by atoms with E-state index in [-0.39, 0.29) is 23.4 Å². The third-order valence-electron chi connectivity index (χ3n) is 6.45. The fourth-order valence-electron chi connectivity index (χ4n) is 4.61. The smallest absolute Gasteiger partial charge is 0.228 e. The molecule has 0 spiro atoms. The molecule has 3 aromatic rings. The summed E-state index contributed by atoms with van der Waals surface area (Å²) in [5, 5.41) is 16.1. The summed E-state index contributed by atoms with van der Waals surface area (Å²) in [6, 6.07) is 7.94. The van der Waals surface area contributed by atoms with Crippen molar-refractivity contribution in [3.63, 3.8) is 0 Å². The van der Waals surface area contributed by atoms with Crippen LogP contribution < -0.4 is 10.2 Å². The number of hydrogen-bond donors (Lipinski definition) is 2. The van der Waals surface area contributed by atoms with Crippen molar-refractivity contribution in [1.29, 1.82) is 0 Å². The first-order valence-corrected chi connectivity index (χ1v) is 12.6. The largest absolute Gasteiger partial charge is 0.493 e. The second kappa shape index (κ2) is 9.93. The standard InChI is InChI=1S/C26H35ClN6O2/c1-17(2)33-16-21-22(24(33)35)28-25(32-12-6-11-31(13-14-32)18(3)34)29-23(21)30-26(4,5)15-19-7-9-20(27)10-8-19/h7-10,16-17,35H,6,11-15H2,1-5H3,(H,28,29,30). The number of anilines is 2. The Hall–Kier alpha value is -3.00. The highest BCUT2D eigenvalue weighted by Crippen LogP contribution is 2.35. The topological polar surface area (TPSA) is 86.5 Å². The van der Waals surface area contributed by atoms with Crippen LogP contribution in [-0.2, 0) is 11.2 Å². The molecule has 1 amide bonds. The molecule has 0 bridgehead atoms. The third-order valence-corrected chi connectivity index (χ3v) is 6.71. The molecule has 9 heteroatoms. The Kier molecular flexibility index (Phi) is 7.12. The summed E-state index contributed by atoms with van der Waals surface area (Å²) in [4.78, 5) is 25.6. The van der Waals surface area contributed by atoms with E-state index in [1.807, 2.05) is 53.8 Å². The van der Waals surface area contributed by atoms with Crippen LogP contribution in [0.3, 0.4) is 0 Å². The van der Waals surface area contributed by atoms with Gasteiger partial charge in [-0.1, -0.05) is 23.7 Å². The Labute approximate surface area is 211 Å². The van der Waals surface area contributed by atoms with Crippen LogP contribution in [0.25, 0.3) is 10.9 Å². The van der Waals surface area contributed by atoms with Gasteiger partial charge in [-0.2, -0.15) is 4.98 Å². The average Bonchev–Trinajstić information content (AvgIpc) is 2.96. The first-order valence-electron chi connectivity index (χ1n) is 12.2. The number of halogens is 1. The number of amides is 1. The minimum atomic E-state index is -0.327. The van der Waals surface area contributed by atoms with Crippen molar-refractivity contribution in [2.24, 2.45) is 0 Å². The SMILES string of the molecule is CC(=O)N1CCCN(c2nc(NC(C)(C)Cc3ccc(Cl)cc3)c3cn(C(C)C)c(O)c3n2)CC1. The van der Waals surface area contributed by atoms with Crippen LogP contribution in [0.5, 0.6) is 5.88 Å². The predicted molar refractivity (Wildman–Crippen MR) is 142 cm³/mol. The minimum Gasteiger partial charge on any atom is -0.493 e. The van der Waals surface area contributed by atoms with Crippen molar-refractivity contribution < 1.29 is 9.90 Å². The fourth-order valence-corrected chi connectivity index (χ4v) is 4.74. The van der Waals surface area contributed by atoms with Crippen molar-refractivity contribution in [3.05, 3.63) is 41.0 Å². The van der Waals surface area contributed by atoms with Crippen molar-refractivity contribution >= 4 is 40.2 Å². The Morgan fingerprint density at radius 2 is 1.86 bits per heavy atom. The maximum atomic E-state index is 11.9. The molecular weight excluding hydrogens is 464 g/mol. The average molecular weight is 499 g/mol. The molecule has 0 radical (unpaired) electrons. The normalized spacial score (nSPS) is 15.1. The highest BCUT2D eigenvalue weighted by Gasteiger charge is 2.26. The van der Waals surface area contributed by atoms with Crippen LogP contribution in [0.2, 0.25) is 5.02 Å². The van der Waals surface area contributed by atoms with Gasteiger partial charge in [0.25, 0.3) is 0 Å². The summed E-state index contributed by atoms with van der Waals surface area (Å²) in [7, 11) is 0. The van der Waals surface area contributed by atoms with Crippen molar-refractivity contribution in [2.75, 3.05) is 36.4 Å². The molecular formula is C26H35ClN6O2. The van der Waals surface area contributed by atoms with Gasteiger partial charge in [-0.25, -0.2) is 4.98 Å². The van der Waals surface area contributed by atoms with Crippen LogP contribution in [0, 0.1) is 0 Å². The molecule has 1 saturated heterocycles. The van der Waals surface area contributed by atoms with E-state index in [9.17, 15) is 9.90 Å². The van der Waals surface area contributed by atoms with E-state index in [2.05, 4.69) is 24.1 Å². The van der Waals surface area contributed by atoms with Gasteiger partial charge in [0.1, 0.15) is 11.3 Å². The first kappa shape index (κ1) is 25.1. The van der Waals surface area contributed by atoms with Gasteiger partial charge in [-0.05, 0) is 58.2 Å². The van der Waals surface area contributed by atoms with Gasteiger partial charge in [0.15, 0.2) is 0 Å². The van der Waals surface area contributed by atoms with E-state index >= 15 is 0 Å². The third kappa shape index (κ3) is 5.64. The van der Waals surface area contributed by atoms with E-state index in [1.165, 1.54) is 0 Å². The van der Waals surface area contributed by atoms with E-state index in [4.69, 9.17) is 21.6 Å². The molecule has 1 aliphatic heterocycles. The van der Waals surface area contributed by atoms with Gasteiger partial charge in [0.05, 0.1) is 5.39 Å². The number of fused-ring (bicyclic) bond motifs is 1. The van der Waals surface area contributed by atoms with Crippen molar-refractivity contribution in [1.82, 2.24) is 19.4 Å². The lowest BCUT2D eigenvalue weighted by Gasteiger charge is -2.28. The molecule has 3 heterocycles. The molecule has 8 nitrogen and oxygen atoms in total. The number of benzene rings is 1. The molecule has 0 aliphatic carbocycles. The molecule has 188 valence electrons. The number of carbonyl (C=O) groups excluding carboxylic acids is 1. The lowest BCUT2D eigenvalue weighted by Crippen LogP contribution is -2.35. The maximum Gasteiger partial charge on any atom is 0.228 e. The number of nitrogens with one attached hydrogen (secondary N) is 1. The number of aromatic hydroxyl groups is 1. The van der Waals surface area contributed by atoms with Crippen LogP contribution >= 0.6 is 11.6 Å². The summed E-state index contributed by atoms with van der Waals surface area (Å²) >= 11 is 6.06. The minimum absolute atomic E-state index is 0.0740. The zero-order chi connectivity index (χ0) is 25.3. The summed E-state index contributed by atoms with van der Waals surface area (Å²) < 4.78 is 1.82. The van der Waals surface area contributed by atoms with E-state index in [1.54, 1.807) is 6.92 Å². The monoisotopic (exact) mass is 498 g/mol. The highest BCUT2D eigenvalue weighted by atomic mass is 35.5. The fraction of sp³-hybridized carbons (Fsp3) is 0.500. The summed E-state index contributed by atoms with van der Waals surface area (Å²) in [5.74, 6) is 1.47. The van der Waals surface area contributed by atoms with Crippen LogP contribution in [0.4, 0.5) is 11.8 Å². The second-order valence-electron chi connectivity index (χ2n) is 10.2. The van der Waals surface area contributed by atoms with E-state index < -0.39 is 0 Å². The molecule has 1 fully saturated rings. The summed E-state index contributed by atoms with van der Waals surface area (Å²) in [6.45, 7) is 12.7. The molecule has 2 aromatic heterocycles. The molecule has 0 atom stereocenters. The van der Waals surface area contributed by atoms with Gasteiger partial charge < -0.3 is 24.8 Å². The van der Waals surface area contributed by atoms with Crippen molar-refractivity contribution in [2.45, 2.75) is 59.0 Å². The first-order chi connectivity index (χ1) is 16.5. The van der Waals surface area contributed by atoms with Crippen LogP contribution in [0.15, 0.2) is 30.5 Å². The highest BCUT2D eigenvalue weighted by molar-refractivity contribution is 6.30. The van der Waals surface area contributed by atoms with Gasteiger partial charge in [0, 0.05) is 55.9 Å². The number of rotatable bonds is 6. The Morgan fingerprint density at radius 1 is 1.14 bits per heavy atom. The zero-order valence-electron chi connectivity index (χ0n) is 21.2. The quantitative estimate of drug-likeness (QED) is 0.504. The number of nitrogens with zero attached hydrogens (tertiary/aromatic N) is 5. The van der Waals surface area contributed by atoms with Gasteiger partial charge in [-0.3, -0.25) is 4.79 Å². The lowest BCUT2D eigenvalue weighted by atomic mass is 9.95. The molecule has 35 heavy (non-hydrogen) atoms. The van der Waals surface area contributed by atoms with E-state index in [0.29, 0.717) is 35.4 Å². The Morgan fingerprint density at radius 3 is 2.51 bits per heavy atom. The van der Waals surface area contributed by atoms with Gasteiger partial charge in [-0.15, -0.1) is 0 Å². The van der Waals surface area contributed by atoms with Gasteiger partial charge >= 0.3 is 0 Å². The number of aromatic nitrogens is 3. The molecule has 4 rings (SSSR count). The van der Waals surface area contributed by atoms with Crippen LogP contribution in [-0.4, -0.2) is 62.2 Å². The van der Waals surface area contributed by atoms with E-state index in [0.717, 1.165) is 36.9 Å². The molecule has 1 aliphatic rings. The number of carbonyl (C=O) groups is 1. The number of hydrogen-bond acceptors (Lipinski definition) is 6.